The highest BCUT2D eigenvalue weighted by Crippen LogP contribution is 2.34. The minimum atomic E-state index is -0.649. The fourth-order valence-electron chi connectivity index (χ4n) is 4.48. The highest BCUT2D eigenvalue weighted by Gasteiger charge is 2.36. The number of anilines is 1. The van der Waals surface area contributed by atoms with Gasteiger partial charge in [0.05, 0.1) is 13.0 Å². The highest BCUT2D eigenvalue weighted by atomic mass is 16.5. The molecule has 0 aliphatic carbocycles. The van der Waals surface area contributed by atoms with Gasteiger partial charge in [-0.2, -0.15) is 0 Å². The van der Waals surface area contributed by atoms with E-state index in [4.69, 9.17) is 14.2 Å². The number of benzene rings is 4. The first kappa shape index (κ1) is 25.7. The number of hydrogen-bond acceptors (Lipinski definition) is 6. The number of rotatable bonds is 9. The summed E-state index contributed by atoms with van der Waals surface area (Å²) in [6, 6.07) is 31.6. The molecular formula is C32H27NO6. The molecule has 0 bridgehead atoms. The minimum Gasteiger partial charge on any atom is -0.497 e. The third kappa shape index (κ3) is 5.99. The summed E-state index contributed by atoms with van der Waals surface area (Å²) in [6.45, 7) is -0.213. The maximum Gasteiger partial charge on any atom is 0.311 e. The topological polar surface area (TPSA) is 82.1 Å². The van der Waals surface area contributed by atoms with Crippen molar-refractivity contribution in [2.45, 2.75) is 6.42 Å². The molecule has 1 heterocycles. The number of ether oxygens (including phenoxy) is 3. The summed E-state index contributed by atoms with van der Waals surface area (Å²) in [5.41, 5.74) is 3.07. The van der Waals surface area contributed by atoms with Crippen molar-refractivity contribution in [3.05, 3.63) is 109 Å². The Morgan fingerprint density at radius 1 is 0.846 bits per heavy atom. The molecule has 1 amide bonds. The van der Waals surface area contributed by atoms with E-state index in [1.807, 2.05) is 54.6 Å². The largest absolute Gasteiger partial charge is 0.497 e. The van der Waals surface area contributed by atoms with Crippen molar-refractivity contribution in [3.63, 3.8) is 0 Å². The first-order valence-electron chi connectivity index (χ1n) is 12.6. The van der Waals surface area contributed by atoms with Crippen molar-refractivity contribution in [3.8, 4) is 28.4 Å². The Morgan fingerprint density at radius 3 is 2.36 bits per heavy atom. The fourth-order valence-corrected chi connectivity index (χ4v) is 4.48. The lowest BCUT2D eigenvalue weighted by molar-refractivity contribution is -0.147. The molecule has 1 aliphatic heterocycles. The van der Waals surface area contributed by atoms with Crippen LogP contribution >= 0.6 is 0 Å². The van der Waals surface area contributed by atoms with E-state index in [-0.39, 0.29) is 24.7 Å². The van der Waals surface area contributed by atoms with Gasteiger partial charge in [0.25, 0.3) is 0 Å². The molecule has 0 radical (unpaired) electrons. The van der Waals surface area contributed by atoms with Crippen LogP contribution in [-0.4, -0.2) is 37.9 Å². The summed E-state index contributed by atoms with van der Waals surface area (Å²) >= 11 is 0. The van der Waals surface area contributed by atoms with Gasteiger partial charge in [-0.1, -0.05) is 60.7 Å². The Hall–Kier alpha value is -4.91. The fraction of sp³-hybridized carbons (Fsp3) is 0.156. The van der Waals surface area contributed by atoms with E-state index in [1.165, 1.54) is 7.11 Å². The van der Waals surface area contributed by atoms with Gasteiger partial charge in [-0.15, -0.1) is 0 Å². The molecule has 4 aromatic rings. The van der Waals surface area contributed by atoms with Gasteiger partial charge < -0.3 is 19.1 Å². The third-order valence-corrected chi connectivity index (χ3v) is 6.54. The molecule has 39 heavy (non-hydrogen) atoms. The highest BCUT2D eigenvalue weighted by molar-refractivity contribution is 6.01. The van der Waals surface area contributed by atoms with Crippen molar-refractivity contribution in [2.24, 2.45) is 5.92 Å². The Labute approximate surface area is 226 Å². The zero-order valence-electron chi connectivity index (χ0n) is 21.4. The third-order valence-electron chi connectivity index (χ3n) is 6.54. The number of nitrogens with zero attached hydrogens (tertiary/aromatic N) is 1. The molecule has 0 N–H and O–H groups in total. The monoisotopic (exact) mass is 521 g/mol. The average molecular weight is 522 g/mol. The predicted octanol–water partition coefficient (Wildman–Crippen LogP) is 5.93. The second-order valence-electron chi connectivity index (χ2n) is 9.13. The van der Waals surface area contributed by atoms with Crippen molar-refractivity contribution in [1.82, 2.24) is 0 Å². The Kier molecular flexibility index (Phi) is 7.68. The maximum absolute atomic E-state index is 12.7. The summed E-state index contributed by atoms with van der Waals surface area (Å²) in [7, 11) is 1.51. The molecule has 0 unspecified atom stereocenters. The van der Waals surface area contributed by atoms with E-state index in [0.29, 0.717) is 22.7 Å². The van der Waals surface area contributed by atoms with Crippen molar-refractivity contribution in [1.29, 1.82) is 0 Å². The SMILES string of the molecule is COc1cccc(C(=O)COC(=O)[C@H]2CC(=O)N(c3ccc(Oc4ccccc4-c4ccccc4)cc3)C2)c1. The van der Waals surface area contributed by atoms with E-state index in [9.17, 15) is 14.4 Å². The van der Waals surface area contributed by atoms with E-state index in [1.54, 1.807) is 53.4 Å². The van der Waals surface area contributed by atoms with Gasteiger partial charge in [-0.05, 0) is 48.0 Å². The number of esters is 1. The number of para-hydroxylation sites is 1. The molecular weight excluding hydrogens is 494 g/mol. The van der Waals surface area contributed by atoms with Crippen LogP contribution in [0.25, 0.3) is 11.1 Å². The van der Waals surface area contributed by atoms with Crippen LogP contribution in [0.15, 0.2) is 103 Å². The first-order valence-corrected chi connectivity index (χ1v) is 12.6. The van der Waals surface area contributed by atoms with Gasteiger partial charge in [0, 0.05) is 29.8 Å². The van der Waals surface area contributed by atoms with Crippen LogP contribution in [0.2, 0.25) is 0 Å². The smallest absolute Gasteiger partial charge is 0.311 e. The van der Waals surface area contributed by atoms with Crippen LogP contribution in [0.3, 0.4) is 0 Å². The molecule has 0 spiro atoms. The normalized spacial score (nSPS) is 14.6. The van der Waals surface area contributed by atoms with Gasteiger partial charge in [-0.25, -0.2) is 0 Å². The van der Waals surface area contributed by atoms with Crippen LogP contribution in [0.5, 0.6) is 17.2 Å². The number of Topliss-reactive ketones (excluding diaryl/α,β-unsaturated/α-hetero) is 1. The summed E-state index contributed by atoms with van der Waals surface area (Å²) in [5, 5.41) is 0. The number of carbonyl (C=O) groups excluding carboxylic acids is 3. The quantitative estimate of drug-likeness (QED) is 0.200. The van der Waals surface area contributed by atoms with E-state index < -0.39 is 18.5 Å². The van der Waals surface area contributed by atoms with Gasteiger partial charge in [0.2, 0.25) is 5.91 Å². The van der Waals surface area contributed by atoms with Gasteiger partial charge >= 0.3 is 5.97 Å². The van der Waals surface area contributed by atoms with Gasteiger partial charge in [-0.3, -0.25) is 14.4 Å². The molecule has 5 rings (SSSR count). The number of methoxy groups -OCH3 is 1. The standard InChI is InChI=1S/C32H27NO6/c1-37-27-11-7-10-23(18-27)29(34)21-38-32(36)24-19-31(35)33(20-24)25-14-16-26(17-15-25)39-30-13-6-5-12-28(30)22-8-3-2-4-9-22/h2-18,24H,19-21H2,1H3/t24-/m0/s1. The second kappa shape index (κ2) is 11.6. The molecule has 1 atom stereocenters. The molecule has 1 fully saturated rings. The van der Waals surface area contributed by atoms with Crippen LogP contribution in [0, 0.1) is 5.92 Å². The van der Waals surface area contributed by atoms with Crippen LogP contribution < -0.4 is 14.4 Å². The lowest BCUT2D eigenvalue weighted by atomic mass is 10.0. The number of hydrogen-bond donors (Lipinski definition) is 0. The minimum absolute atomic E-state index is 0.0227. The van der Waals surface area contributed by atoms with Gasteiger partial charge in [0.15, 0.2) is 12.4 Å². The average Bonchev–Trinajstić information content (AvgIpc) is 3.38. The Bertz CT molecular complexity index is 1480. The summed E-state index contributed by atoms with van der Waals surface area (Å²) in [4.78, 5) is 39.3. The van der Waals surface area contributed by atoms with E-state index >= 15 is 0 Å². The zero-order valence-corrected chi connectivity index (χ0v) is 21.4. The molecule has 1 aliphatic rings. The lowest BCUT2D eigenvalue weighted by Crippen LogP contribution is -2.27. The number of ketones is 1. The van der Waals surface area contributed by atoms with Crippen LogP contribution in [-0.2, 0) is 14.3 Å². The Balaban J connectivity index is 1.20. The summed E-state index contributed by atoms with van der Waals surface area (Å²) in [6.07, 6.45) is 0.0227. The lowest BCUT2D eigenvalue weighted by Gasteiger charge is -2.17. The zero-order chi connectivity index (χ0) is 27.2. The molecule has 0 aromatic heterocycles. The molecule has 0 saturated carbocycles. The van der Waals surface area contributed by atoms with E-state index in [2.05, 4.69) is 0 Å². The molecule has 7 nitrogen and oxygen atoms in total. The van der Waals surface area contributed by atoms with Crippen LogP contribution in [0.1, 0.15) is 16.8 Å². The van der Waals surface area contributed by atoms with Crippen molar-refractivity contribution >= 4 is 23.3 Å². The van der Waals surface area contributed by atoms with Crippen LogP contribution in [0.4, 0.5) is 5.69 Å². The predicted molar refractivity (Wildman–Crippen MR) is 147 cm³/mol. The molecule has 196 valence electrons. The summed E-state index contributed by atoms with van der Waals surface area (Å²) < 4.78 is 16.5. The number of carbonyl (C=O) groups is 3. The first-order chi connectivity index (χ1) is 19.0. The maximum atomic E-state index is 12.7. The van der Waals surface area contributed by atoms with Crippen molar-refractivity contribution < 1.29 is 28.6 Å². The molecule has 1 saturated heterocycles. The molecule has 4 aromatic carbocycles. The second-order valence-corrected chi connectivity index (χ2v) is 9.13. The number of amides is 1. The van der Waals surface area contributed by atoms with Gasteiger partial charge in [0.1, 0.15) is 17.2 Å². The van der Waals surface area contributed by atoms with Crippen molar-refractivity contribution in [2.75, 3.05) is 25.2 Å². The Morgan fingerprint density at radius 2 is 1.59 bits per heavy atom. The van der Waals surface area contributed by atoms with E-state index in [0.717, 1.165) is 16.9 Å². The summed E-state index contributed by atoms with van der Waals surface area (Å²) in [5.74, 6) is 0.151. The molecule has 7 heteroatoms.